The van der Waals surface area contributed by atoms with E-state index in [2.05, 4.69) is 4.98 Å². The van der Waals surface area contributed by atoms with Crippen LogP contribution in [0.5, 0.6) is 0 Å². The van der Waals surface area contributed by atoms with Gasteiger partial charge in [-0.15, -0.1) is 11.8 Å². The van der Waals surface area contributed by atoms with Gasteiger partial charge >= 0.3 is 5.97 Å². The lowest BCUT2D eigenvalue weighted by Gasteiger charge is -2.24. The minimum absolute atomic E-state index is 0.321. The van der Waals surface area contributed by atoms with Crippen molar-refractivity contribution in [3.8, 4) is 0 Å². The van der Waals surface area contributed by atoms with Crippen LogP contribution in [0.4, 0.5) is 0 Å². The minimum atomic E-state index is -0.890. The maximum absolute atomic E-state index is 10.9. The van der Waals surface area contributed by atoms with Crippen molar-refractivity contribution >= 4 is 17.7 Å². The van der Waals surface area contributed by atoms with Crippen LogP contribution in [0, 0.1) is 5.92 Å². The van der Waals surface area contributed by atoms with Gasteiger partial charge in [-0.1, -0.05) is 6.42 Å². The topological polar surface area (TPSA) is 50.2 Å². The molecule has 1 aromatic rings. The lowest BCUT2D eigenvalue weighted by atomic mass is 9.87. The van der Waals surface area contributed by atoms with Gasteiger partial charge in [0.2, 0.25) is 0 Å². The molecule has 1 N–H and O–H groups in total. The summed E-state index contributed by atoms with van der Waals surface area (Å²) in [5, 5.41) is 9.60. The Hall–Kier alpha value is -1.03. The van der Waals surface area contributed by atoms with Crippen LogP contribution in [0.15, 0.2) is 23.4 Å². The number of thioether (sulfide) groups is 1. The van der Waals surface area contributed by atoms with E-state index < -0.39 is 5.97 Å². The van der Waals surface area contributed by atoms with Gasteiger partial charge in [-0.3, -0.25) is 0 Å². The molecule has 0 radical (unpaired) electrons. The van der Waals surface area contributed by atoms with Crippen LogP contribution in [-0.2, 0) is 0 Å². The molecule has 0 bridgehead atoms. The Balaban J connectivity index is 2.02. The highest BCUT2D eigenvalue weighted by Crippen LogP contribution is 2.32. The van der Waals surface area contributed by atoms with Crippen LogP contribution in [0.1, 0.15) is 29.6 Å². The molecule has 0 aliphatic heterocycles. The third-order valence-electron chi connectivity index (χ3n) is 2.68. The summed E-state index contributed by atoms with van der Waals surface area (Å²) in [5.74, 6) is 0.870. The van der Waals surface area contributed by atoms with Crippen molar-refractivity contribution in [2.24, 2.45) is 5.92 Å². The molecule has 1 fully saturated rings. The van der Waals surface area contributed by atoms with Crippen LogP contribution >= 0.6 is 11.8 Å². The maximum atomic E-state index is 10.9. The highest BCUT2D eigenvalue weighted by Gasteiger charge is 2.19. The predicted molar refractivity (Wildman–Crippen MR) is 59.3 cm³/mol. The Morgan fingerprint density at radius 2 is 2.40 bits per heavy atom. The molecule has 1 aromatic heterocycles. The Morgan fingerprint density at radius 3 is 3.00 bits per heavy atom. The van der Waals surface area contributed by atoms with Crippen LogP contribution in [0.2, 0.25) is 0 Å². The van der Waals surface area contributed by atoms with Crippen LogP contribution in [0.25, 0.3) is 0 Å². The minimum Gasteiger partial charge on any atom is -0.478 e. The van der Waals surface area contributed by atoms with Gasteiger partial charge in [0.05, 0.1) is 5.56 Å². The smallest absolute Gasteiger partial charge is 0.338 e. The number of aromatic nitrogens is 1. The summed E-state index contributed by atoms with van der Waals surface area (Å²) >= 11 is 1.57. The monoisotopic (exact) mass is 223 g/mol. The molecule has 1 aliphatic carbocycles. The number of aromatic carboxylic acids is 1. The molecule has 4 heteroatoms. The molecule has 0 saturated heterocycles. The molecule has 0 aromatic carbocycles. The Labute approximate surface area is 92.9 Å². The van der Waals surface area contributed by atoms with Crippen LogP contribution in [0.3, 0.4) is 0 Å². The SMILES string of the molecule is O=C(O)c1cccnc1SCC1CCC1. The van der Waals surface area contributed by atoms with E-state index in [4.69, 9.17) is 5.11 Å². The Morgan fingerprint density at radius 1 is 1.60 bits per heavy atom. The number of carbonyl (C=O) groups is 1. The number of nitrogens with zero attached hydrogens (tertiary/aromatic N) is 1. The van der Waals surface area contributed by atoms with E-state index in [-0.39, 0.29) is 0 Å². The molecule has 1 heterocycles. The van der Waals surface area contributed by atoms with Crippen molar-refractivity contribution in [3.05, 3.63) is 23.9 Å². The van der Waals surface area contributed by atoms with Crippen molar-refractivity contribution in [1.82, 2.24) is 4.98 Å². The zero-order valence-electron chi connectivity index (χ0n) is 8.35. The van der Waals surface area contributed by atoms with Gasteiger partial charge in [-0.2, -0.15) is 0 Å². The van der Waals surface area contributed by atoms with Crippen molar-refractivity contribution in [1.29, 1.82) is 0 Å². The third-order valence-corrected chi connectivity index (χ3v) is 3.92. The quantitative estimate of drug-likeness (QED) is 0.797. The summed E-state index contributed by atoms with van der Waals surface area (Å²) < 4.78 is 0. The number of pyridine rings is 1. The van der Waals surface area contributed by atoms with E-state index in [1.165, 1.54) is 19.3 Å². The zero-order chi connectivity index (χ0) is 10.7. The maximum Gasteiger partial charge on any atom is 0.338 e. The van der Waals surface area contributed by atoms with E-state index in [0.29, 0.717) is 10.6 Å². The van der Waals surface area contributed by atoms with Gasteiger partial charge in [0.25, 0.3) is 0 Å². The van der Waals surface area contributed by atoms with Gasteiger partial charge in [0.1, 0.15) is 5.03 Å². The van der Waals surface area contributed by atoms with Crippen LogP contribution in [-0.4, -0.2) is 21.8 Å². The average Bonchev–Trinajstić information content (AvgIpc) is 2.16. The number of rotatable bonds is 4. The highest BCUT2D eigenvalue weighted by molar-refractivity contribution is 7.99. The number of hydrogen-bond donors (Lipinski definition) is 1. The van der Waals surface area contributed by atoms with Gasteiger partial charge in [0, 0.05) is 11.9 Å². The summed E-state index contributed by atoms with van der Waals surface area (Å²) in [6, 6.07) is 3.27. The van der Waals surface area contributed by atoms with E-state index in [9.17, 15) is 4.79 Å². The second-order valence-electron chi connectivity index (χ2n) is 3.77. The molecule has 80 valence electrons. The molecule has 3 nitrogen and oxygen atoms in total. The fraction of sp³-hybridized carbons (Fsp3) is 0.455. The molecule has 1 saturated carbocycles. The third kappa shape index (κ3) is 2.50. The van der Waals surface area contributed by atoms with Gasteiger partial charge < -0.3 is 5.11 Å². The first-order valence-electron chi connectivity index (χ1n) is 5.08. The second-order valence-corrected chi connectivity index (χ2v) is 4.78. The van der Waals surface area contributed by atoms with E-state index in [1.807, 2.05) is 0 Å². The summed E-state index contributed by atoms with van der Waals surface area (Å²) in [6.07, 6.45) is 5.53. The van der Waals surface area contributed by atoms with Crippen molar-refractivity contribution in [2.75, 3.05) is 5.75 Å². The normalized spacial score (nSPS) is 16.0. The molecule has 0 unspecified atom stereocenters. The molecular formula is C11H13NO2S. The van der Waals surface area contributed by atoms with Gasteiger partial charge in [-0.25, -0.2) is 9.78 Å². The van der Waals surface area contributed by atoms with E-state index in [0.717, 1.165) is 11.7 Å². The summed E-state index contributed by atoms with van der Waals surface area (Å²) in [6.45, 7) is 0. The molecule has 0 atom stereocenters. The average molecular weight is 223 g/mol. The zero-order valence-corrected chi connectivity index (χ0v) is 9.17. The summed E-state index contributed by atoms with van der Waals surface area (Å²) in [4.78, 5) is 15.0. The lowest BCUT2D eigenvalue weighted by Crippen LogP contribution is -2.13. The number of carboxylic acid groups (broad SMARTS) is 1. The summed E-state index contributed by atoms with van der Waals surface area (Å²) in [7, 11) is 0. The lowest BCUT2D eigenvalue weighted by molar-refractivity contribution is 0.0692. The van der Waals surface area contributed by atoms with E-state index >= 15 is 0 Å². The molecule has 2 rings (SSSR count). The Bertz CT molecular complexity index is 363. The van der Waals surface area contributed by atoms with Gasteiger partial charge in [-0.05, 0) is 30.9 Å². The molecule has 0 spiro atoms. The molecule has 1 aliphatic rings. The standard InChI is InChI=1S/C11H13NO2S/c13-11(14)9-5-2-6-12-10(9)15-7-8-3-1-4-8/h2,5-6,8H,1,3-4,7H2,(H,13,14). The van der Waals surface area contributed by atoms with Crippen LogP contribution < -0.4 is 0 Å². The molecule has 0 amide bonds. The fourth-order valence-corrected chi connectivity index (χ4v) is 2.70. The summed E-state index contributed by atoms with van der Waals surface area (Å²) in [5.41, 5.74) is 0.321. The first kappa shape index (κ1) is 10.5. The second kappa shape index (κ2) is 4.66. The van der Waals surface area contributed by atoms with Crippen molar-refractivity contribution < 1.29 is 9.90 Å². The largest absolute Gasteiger partial charge is 0.478 e. The van der Waals surface area contributed by atoms with E-state index in [1.54, 1.807) is 30.1 Å². The van der Waals surface area contributed by atoms with Crippen molar-refractivity contribution in [3.63, 3.8) is 0 Å². The van der Waals surface area contributed by atoms with Gasteiger partial charge in [0.15, 0.2) is 0 Å². The highest BCUT2D eigenvalue weighted by atomic mass is 32.2. The number of hydrogen-bond acceptors (Lipinski definition) is 3. The fourth-order valence-electron chi connectivity index (χ4n) is 1.52. The predicted octanol–water partition coefficient (Wildman–Crippen LogP) is 2.67. The van der Waals surface area contributed by atoms with Crippen molar-refractivity contribution in [2.45, 2.75) is 24.3 Å². The number of carboxylic acids is 1. The first-order chi connectivity index (χ1) is 7.27. The first-order valence-corrected chi connectivity index (χ1v) is 6.07. The Kier molecular flexibility index (Phi) is 3.26. The molecule has 15 heavy (non-hydrogen) atoms. The molecular weight excluding hydrogens is 210 g/mol.